The second-order valence-corrected chi connectivity index (χ2v) is 9.87. The lowest BCUT2D eigenvalue weighted by atomic mass is 10.0. The predicted molar refractivity (Wildman–Crippen MR) is 146 cm³/mol. The van der Waals surface area contributed by atoms with E-state index in [1.807, 2.05) is 6.26 Å². The summed E-state index contributed by atoms with van der Waals surface area (Å²) in [6, 6.07) is 4.57. The standard InChI is InChI=1S/C25H40N6O6S/c1-38-14-12-17(27)22(33)29-18(9-5-6-13-26)23(34)31-20(15-16-7-3-2-4-8-16)24(35)30-19(25(36)37)10-11-21(28)32/h2-4,7-8,17-20H,5-6,9-15,26-27H2,1H3,(H2,28,32)(H,29,33)(H,30,35)(H,31,34)(H,36,37). The fourth-order valence-electron chi connectivity index (χ4n) is 3.56. The first kappa shape index (κ1) is 32.9. The van der Waals surface area contributed by atoms with Crippen molar-refractivity contribution >= 4 is 41.4 Å². The number of hydrogen-bond acceptors (Lipinski definition) is 8. The van der Waals surface area contributed by atoms with Crippen LogP contribution in [0.25, 0.3) is 0 Å². The third-order valence-electron chi connectivity index (χ3n) is 5.76. The Kier molecular flexibility index (Phi) is 15.7. The lowest BCUT2D eigenvalue weighted by Crippen LogP contribution is -2.57. The van der Waals surface area contributed by atoms with Crippen molar-refractivity contribution < 1.29 is 29.1 Å². The van der Waals surface area contributed by atoms with Gasteiger partial charge in [0.15, 0.2) is 0 Å². The molecule has 0 heterocycles. The number of benzene rings is 1. The van der Waals surface area contributed by atoms with Gasteiger partial charge in [-0.3, -0.25) is 19.2 Å². The van der Waals surface area contributed by atoms with E-state index in [4.69, 9.17) is 17.2 Å². The maximum atomic E-state index is 13.3. The van der Waals surface area contributed by atoms with Crippen LogP contribution in [0, 0.1) is 0 Å². The van der Waals surface area contributed by atoms with Crippen LogP contribution in [0.1, 0.15) is 44.1 Å². The Labute approximate surface area is 227 Å². The fourth-order valence-corrected chi connectivity index (χ4v) is 4.05. The second-order valence-electron chi connectivity index (χ2n) is 8.89. The van der Waals surface area contributed by atoms with Crippen LogP contribution in [0.2, 0.25) is 0 Å². The molecule has 38 heavy (non-hydrogen) atoms. The molecule has 0 spiro atoms. The van der Waals surface area contributed by atoms with E-state index in [9.17, 15) is 29.1 Å². The minimum Gasteiger partial charge on any atom is -0.480 e. The number of nitrogens with two attached hydrogens (primary N) is 3. The molecule has 1 rings (SSSR count). The summed E-state index contributed by atoms with van der Waals surface area (Å²) in [7, 11) is 0. The highest BCUT2D eigenvalue weighted by atomic mass is 32.2. The molecule has 13 heteroatoms. The van der Waals surface area contributed by atoms with E-state index >= 15 is 0 Å². The molecule has 10 N–H and O–H groups in total. The molecule has 0 aromatic heterocycles. The van der Waals surface area contributed by atoms with Crippen LogP contribution in [0.3, 0.4) is 0 Å². The SMILES string of the molecule is CSCCC(N)C(=O)NC(CCCCN)C(=O)NC(Cc1ccccc1)C(=O)NC(CCC(N)=O)C(=O)O. The van der Waals surface area contributed by atoms with E-state index in [-0.39, 0.29) is 25.7 Å². The molecule has 1 aromatic carbocycles. The molecule has 1 aromatic rings. The Morgan fingerprint density at radius 3 is 2.05 bits per heavy atom. The average molecular weight is 553 g/mol. The molecule has 0 aliphatic heterocycles. The lowest BCUT2D eigenvalue weighted by Gasteiger charge is -2.25. The van der Waals surface area contributed by atoms with Gasteiger partial charge >= 0.3 is 5.97 Å². The number of amides is 4. The van der Waals surface area contributed by atoms with Crippen molar-refractivity contribution in [1.82, 2.24) is 16.0 Å². The highest BCUT2D eigenvalue weighted by Crippen LogP contribution is 2.08. The molecular weight excluding hydrogens is 512 g/mol. The fraction of sp³-hybridized carbons (Fsp3) is 0.560. The van der Waals surface area contributed by atoms with Gasteiger partial charge in [-0.05, 0) is 56.2 Å². The summed E-state index contributed by atoms with van der Waals surface area (Å²) >= 11 is 1.55. The number of carbonyl (C=O) groups is 5. The number of carboxylic acid groups (broad SMARTS) is 1. The first-order valence-corrected chi connectivity index (χ1v) is 13.9. The molecule has 0 radical (unpaired) electrons. The summed E-state index contributed by atoms with van der Waals surface area (Å²) in [5.74, 6) is -3.19. The summed E-state index contributed by atoms with van der Waals surface area (Å²) < 4.78 is 0. The van der Waals surface area contributed by atoms with Crippen molar-refractivity contribution in [3.05, 3.63) is 35.9 Å². The molecule has 0 fully saturated rings. The highest BCUT2D eigenvalue weighted by molar-refractivity contribution is 7.98. The van der Waals surface area contributed by atoms with Crippen molar-refractivity contribution in [2.24, 2.45) is 17.2 Å². The highest BCUT2D eigenvalue weighted by Gasteiger charge is 2.30. The number of nitrogens with one attached hydrogen (secondary N) is 3. The topological polar surface area (TPSA) is 220 Å². The second kappa shape index (κ2) is 18.2. The van der Waals surface area contributed by atoms with Crippen LogP contribution in [0.15, 0.2) is 30.3 Å². The zero-order valence-electron chi connectivity index (χ0n) is 21.7. The minimum absolute atomic E-state index is 0.0667. The van der Waals surface area contributed by atoms with Gasteiger partial charge in [0.25, 0.3) is 0 Å². The van der Waals surface area contributed by atoms with Gasteiger partial charge in [0.2, 0.25) is 23.6 Å². The van der Waals surface area contributed by atoms with E-state index in [1.54, 1.807) is 42.1 Å². The van der Waals surface area contributed by atoms with E-state index in [0.717, 1.165) is 5.56 Å². The van der Waals surface area contributed by atoms with Gasteiger partial charge in [0.1, 0.15) is 18.1 Å². The number of aliphatic carboxylic acids is 1. The van der Waals surface area contributed by atoms with Gasteiger partial charge in [-0.25, -0.2) is 4.79 Å². The Morgan fingerprint density at radius 1 is 0.868 bits per heavy atom. The smallest absolute Gasteiger partial charge is 0.326 e. The summed E-state index contributed by atoms with van der Waals surface area (Å²) in [5.41, 5.74) is 17.4. The first-order valence-electron chi connectivity index (χ1n) is 12.5. The third-order valence-corrected chi connectivity index (χ3v) is 6.40. The monoisotopic (exact) mass is 552 g/mol. The average Bonchev–Trinajstić information content (AvgIpc) is 2.88. The Morgan fingerprint density at radius 2 is 1.47 bits per heavy atom. The molecule has 0 aliphatic rings. The first-order chi connectivity index (χ1) is 18.1. The van der Waals surface area contributed by atoms with Crippen LogP contribution < -0.4 is 33.2 Å². The summed E-state index contributed by atoms with van der Waals surface area (Å²) in [6.45, 7) is 0.413. The molecule has 4 amide bonds. The quantitative estimate of drug-likeness (QED) is 0.107. The molecule has 4 unspecified atom stereocenters. The van der Waals surface area contributed by atoms with Crippen LogP contribution >= 0.6 is 11.8 Å². The number of rotatable bonds is 19. The molecule has 4 atom stereocenters. The van der Waals surface area contributed by atoms with Crippen molar-refractivity contribution in [2.75, 3.05) is 18.6 Å². The van der Waals surface area contributed by atoms with Gasteiger partial charge < -0.3 is 38.3 Å². The van der Waals surface area contributed by atoms with E-state index < -0.39 is 53.8 Å². The van der Waals surface area contributed by atoms with E-state index in [2.05, 4.69) is 16.0 Å². The zero-order chi connectivity index (χ0) is 28.5. The van der Waals surface area contributed by atoms with Crippen LogP contribution in [-0.4, -0.2) is 77.4 Å². The Balaban J connectivity index is 3.09. The van der Waals surface area contributed by atoms with Crippen LogP contribution in [-0.2, 0) is 30.4 Å². The third kappa shape index (κ3) is 12.9. The van der Waals surface area contributed by atoms with Crippen LogP contribution in [0.4, 0.5) is 0 Å². The number of thioether (sulfide) groups is 1. The molecule has 0 aliphatic carbocycles. The number of carboxylic acids is 1. The van der Waals surface area contributed by atoms with Gasteiger partial charge in [-0.1, -0.05) is 30.3 Å². The molecular formula is C25H40N6O6S. The van der Waals surface area contributed by atoms with Gasteiger partial charge in [0, 0.05) is 12.8 Å². The normalized spacial score (nSPS) is 14.0. The van der Waals surface area contributed by atoms with Crippen molar-refractivity contribution in [3.63, 3.8) is 0 Å². The van der Waals surface area contributed by atoms with Crippen molar-refractivity contribution in [2.45, 2.75) is 69.1 Å². The molecule has 0 saturated heterocycles. The largest absolute Gasteiger partial charge is 0.480 e. The maximum absolute atomic E-state index is 13.3. The summed E-state index contributed by atoms with van der Waals surface area (Å²) in [4.78, 5) is 61.8. The van der Waals surface area contributed by atoms with E-state index in [0.29, 0.717) is 31.6 Å². The van der Waals surface area contributed by atoms with Crippen molar-refractivity contribution in [3.8, 4) is 0 Å². The van der Waals surface area contributed by atoms with E-state index in [1.165, 1.54) is 0 Å². The molecule has 0 saturated carbocycles. The zero-order valence-corrected chi connectivity index (χ0v) is 22.5. The number of carbonyl (C=O) groups excluding carboxylic acids is 4. The molecule has 0 bridgehead atoms. The number of hydrogen-bond donors (Lipinski definition) is 7. The summed E-state index contributed by atoms with van der Waals surface area (Å²) in [5, 5.41) is 17.2. The minimum atomic E-state index is -1.38. The predicted octanol–water partition coefficient (Wildman–Crippen LogP) is -0.757. The van der Waals surface area contributed by atoms with Gasteiger partial charge in [-0.15, -0.1) is 0 Å². The lowest BCUT2D eigenvalue weighted by molar-refractivity contribution is -0.142. The number of primary amides is 1. The Bertz CT molecular complexity index is 919. The van der Waals surface area contributed by atoms with Crippen molar-refractivity contribution in [1.29, 1.82) is 0 Å². The molecule has 212 valence electrons. The van der Waals surface area contributed by atoms with Crippen LogP contribution in [0.5, 0.6) is 0 Å². The molecule has 12 nitrogen and oxygen atoms in total. The van der Waals surface area contributed by atoms with Gasteiger partial charge in [0.05, 0.1) is 6.04 Å². The Hall–Kier alpha value is -3.16. The van der Waals surface area contributed by atoms with Gasteiger partial charge in [-0.2, -0.15) is 11.8 Å². The number of unbranched alkanes of at least 4 members (excludes halogenated alkanes) is 1. The summed E-state index contributed by atoms with van der Waals surface area (Å²) in [6.07, 6.45) is 3.43. The maximum Gasteiger partial charge on any atom is 0.326 e.